The molecule has 8 heteroatoms. The first-order valence-electron chi connectivity index (χ1n) is 9.32. The van der Waals surface area contributed by atoms with E-state index in [9.17, 15) is 4.79 Å². The van der Waals surface area contributed by atoms with Crippen LogP contribution in [0.4, 0.5) is 0 Å². The minimum Gasteiger partial charge on any atom is -0.339 e. The van der Waals surface area contributed by atoms with Crippen molar-refractivity contribution in [2.75, 3.05) is 7.05 Å². The van der Waals surface area contributed by atoms with E-state index in [2.05, 4.69) is 29.2 Å². The Morgan fingerprint density at radius 2 is 1.89 bits per heavy atom. The smallest absolute Gasteiger partial charge is 0.255 e. The molecule has 0 saturated carbocycles. The highest BCUT2D eigenvalue weighted by Crippen LogP contribution is 2.30. The Hall–Kier alpha value is -1.37. The van der Waals surface area contributed by atoms with Crippen LogP contribution < -0.4 is 5.32 Å². The van der Waals surface area contributed by atoms with Crippen LogP contribution in [0.15, 0.2) is 12.3 Å². The van der Waals surface area contributed by atoms with Gasteiger partial charge in [-0.05, 0) is 52.5 Å². The Labute approximate surface area is 172 Å². The van der Waals surface area contributed by atoms with Crippen molar-refractivity contribution in [2.24, 2.45) is 0 Å². The second-order valence-electron chi connectivity index (χ2n) is 7.90. The zero-order valence-corrected chi connectivity index (χ0v) is 17.9. The molecule has 0 aliphatic carbocycles. The highest BCUT2D eigenvalue weighted by Gasteiger charge is 2.36. The second-order valence-corrected chi connectivity index (χ2v) is 7.90. The summed E-state index contributed by atoms with van der Waals surface area (Å²) in [5.74, 6) is 0.0792. The van der Waals surface area contributed by atoms with Gasteiger partial charge in [0.2, 0.25) is 0 Å². The van der Waals surface area contributed by atoms with Gasteiger partial charge in [0, 0.05) is 36.6 Å². The lowest BCUT2D eigenvalue weighted by atomic mass is 9.97. The average Bonchev–Trinajstić information content (AvgIpc) is 3.15. The van der Waals surface area contributed by atoms with Gasteiger partial charge in [0.1, 0.15) is 0 Å². The quantitative estimate of drug-likeness (QED) is 0.835. The molecule has 2 aromatic rings. The standard InChI is InChI=1S/C19H27N5O.2ClH/c1-11(2)24-18-13(10-20-24)7-17(12(3)21-18)19(25)23(4)16-8-14-5-6-15(9-16)22-14;;/h7,10-11,14-16,22H,5-6,8-9H2,1-4H3;2*1H. The summed E-state index contributed by atoms with van der Waals surface area (Å²) in [6.07, 6.45) is 6.40. The molecule has 27 heavy (non-hydrogen) atoms. The predicted octanol–water partition coefficient (Wildman–Crippen LogP) is 3.52. The Morgan fingerprint density at radius 1 is 1.26 bits per heavy atom. The number of fused-ring (bicyclic) bond motifs is 3. The molecule has 2 atom stereocenters. The van der Waals surface area contributed by atoms with Crippen molar-refractivity contribution in [2.45, 2.75) is 70.6 Å². The fourth-order valence-electron chi connectivity index (χ4n) is 4.36. The van der Waals surface area contributed by atoms with Crippen molar-refractivity contribution in [3.8, 4) is 0 Å². The van der Waals surface area contributed by atoms with E-state index in [1.165, 1.54) is 12.8 Å². The number of aromatic nitrogens is 3. The largest absolute Gasteiger partial charge is 0.339 e. The summed E-state index contributed by atoms with van der Waals surface area (Å²) in [5.41, 5.74) is 2.33. The molecule has 2 unspecified atom stereocenters. The van der Waals surface area contributed by atoms with Crippen molar-refractivity contribution in [3.63, 3.8) is 0 Å². The summed E-state index contributed by atoms with van der Waals surface area (Å²) < 4.78 is 1.91. The fourth-order valence-corrected chi connectivity index (χ4v) is 4.36. The average molecular weight is 414 g/mol. The van der Waals surface area contributed by atoms with Gasteiger partial charge >= 0.3 is 0 Å². The number of halogens is 2. The molecule has 0 spiro atoms. The number of hydrogen-bond donors (Lipinski definition) is 1. The Balaban J connectivity index is 0.00000131. The van der Waals surface area contributed by atoms with Gasteiger partial charge in [-0.2, -0.15) is 5.10 Å². The molecule has 2 aliphatic heterocycles. The van der Waals surface area contributed by atoms with Crippen LogP contribution in [0.5, 0.6) is 0 Å². The molecule has 0 aromatic carbocycles. The van der Waals surface area contributed by atoms with Crippen LogP contribution in [0.1, 0.15) is 61.6 Å². The lowest BCUT2D eigenvalue weighted by Crippen LogP contribution is -2.48. The van der Waals surface area contributed by atoms with Gasteiger partial charge in [0.25, 0.3) is 5.91 Å². The molecular formula is C19H29Cl2N5O. The minimum atomic E-state index is 0. The van der Waals surface area contributed by atoms with Gasteiger partial charge in [0.05, 0.1) is 17.5 Å². The highest BCUT2D eigenvalue weighted by molar-refractivity contribution is 5.98. The molecule has 0 radical (unpaired) electrons. The summed E-state index contributed by atoms with van der Waals surface area (Å²) in [5, 5.41) is 8.99. The second kappa shape index (κ2) is 8.33. The molecule has 2 aromatic heterocycles. The summed E-state index contributed by atoms with van der Waals surface area (Å²) >= 11 is 0. The van der Waals surface area contributed by atoms with E-state index in [0.717, 1.165) is 29.6 Å². The molecule has 1 amide bonds. The number of aryl methyl sites for hydroxylation is 1. The summed E-state index contributed by atoms with van der Waals surface area (Å²) in [7, 11) is 1.94. The minimum absolute atomic E-state index is 0. The number of pyridine rings is 1. The van der Waals surface area contributed by atoms with E-state index in [1.807, 2.05) is 35.8 Å². The number of carbonyl (C=O) groups excluding carboxylic acids is 1. The molecule has 2 bridgehead atoms. The van der Waals surface area contributed by atoms with E-state index in [4.69, 9.17) is 0 Å². The number of hydrogen-bond acceptors (Lipinski definition) is 4. The molecule has 150 valence electrons. The Kier molecular flexibility index (Phi) is 6.77. The van der Waals surface area contributed by atoms with Gasteiger partial charge in [-0.3, -0.25) is 4.79 Å². The molecule has 6 nitrogen and oxygen atoms in total. The Morgan fingerprint density at radius 3 is 2.48 bits per heavy atom. The van der Waals surface area contributed by atoms with Crippen LogP contribution in [0.25, 0.3) is 11.0 Å². The summed E-state index contributed by atoms with van der Waals surface area (Å²) in [4.78, 5) is 19.7. The molecule has 4 heterocycles. The first kappa shape index (κ1) is 21.9. The first-order chi connectivity index (χ1) is 11.9. The van der Waals surface area contributed by atoms with Crippen molar-refractivity contribution >= 4 is 41.8 Å². The zero-order chi connectivity index (χ0) is 17.7. The van der Waals surface area contributed by atoms with Crippen LogP contribution in [-0.4, -0.2) is 50.7 Å². The number of nitrogens with zero attached hydrogens (tertiary/aromatic N) is 4. The van der Waals surface area contributed by atoms with Crippen molar-refractivity contribution in [3.05, 3.63) is 23.5 Å². The van der Waals surface area contributed by atoms with Gasteiger partial charge in [-0.15, -0.1) is 24.8 Å². The summed E-state index contributed by atoms with van der Waals surface area (Å²) in [6, 6.07) is 3.67. The number of piperidine rings is 1. The number of rotatable bonds is 3. The predicted molar refractivity (Wildman–Crippen MR) is 112 cm³/mol. The van der Waals surface area contributed by atoms with Crippen LogP contribution in [0.3, 0.4) is 0 Å². The van der Waals surface area contributed by atoms with Crippen LogP contribution >= 0.6 is 24.8 Å². The maximum absolute atomic E-state index is 13.1. The number of carbonyl (C=O) groups is 1. The maximum Gasteiger partial charge on any atom is 0.255 e. The van der Waals surface area contributed by atoms with Gasteiger partial charge in [0.15, 0.2) is 5.65 Å². The van der Waals surface area contributed by atoms with E-state index in [1.54, 1.807) is 0 Å². The van der Waals surface area contributed by atoms with Gasteiger partial charge in [-0.25, -0.2) is 9.67 Å². The van der Waals surface area contributed by atoms with Crippen LogP contribution in [0, 0.1) is 6.92 Å². The molecule has 2 fully saturated rings. The zero-order valence-electron chi connectivity index (χ0n) is 16.3. The third-order valence-corrected chi connectivity index (χ3v) is 5.80. The van der Waals surface area contributed by atoms with Crippen molar-refractivity contribution < 1.29 is 4.79 Å². The number of nitrogens with one attached hydrogen (secondary N) is 1. The monoisotopic (exact) mass is 413 g/mol. The SMILES string of the molecule is Cc1nc2c(cnn2C(C)C)cc1C(=O)N(C)C1CC2CCC(C1)N2.Cl.Cl. The maximum atomic E-state index is 13.1. The normalized spacial score (nSPS) is 23.8. The van der Waals surface area contributed by atoms with Crippen molar-refractivity contribution in [1.29, 1.82) is 0 Å². The summed E-state index contributed by atoms with van der Waals surface area (Å²) in [6.45, 7) is 6.09. The lowest BCUT2D eigenvalue weighted by Gasteiger charge is -2.35. The van der Waals surface area contributed by atoms with E-state index in [0.29, 0.717) is 23.7 Å². The third kappa shape index (κ3) is 3.93. The molecule has 4 rings (SSSR count). The lowest BCUT2D eigenvalue weighted by molar-refractivity contribution is 0.0680. The molecular weight excluding hydrogens is 385 g/mol. The van der Waals surface area contributed by atoms with Crippen molar-refractivity contribution in [1.82, 2.24) is 25.0 Å². The third-order valence-electron chi connectivity index (χ3n) is 5.80. The van der Waals surface area contributed by atoms with Crippen LogP contribution in [0.2, 0.25) is 0 Å². The first-order valence-corrected chi connectivity index (χ1v) is 9.32. The topological polar surface area (TPSA) is 63.1 Å². The van der Waals surface area contributed by atoms with E-state index < -0.39 is 0 Å². The van der Waals surface area contributed by atoms with E-state index >= 15 is 0 Å². The van der Waals surface area contributed by atoms with E-state index in [-0.39, 0.29) is 36.8 Å². The highest BCUT2D eigenvalue weighted by atomic mass is 35.5. The fraction of sp³-hybridized carbons (Fsp3) is 0.632. The Bertz CT molecular complexity index is 810. The number of amides is 1. The molecule has 2 saturated heterocycles. The van der Waals surface area contributed by atoms with Crippen LogP contribution in [-0.2, 0) is 0 Å². The van der Waals surface area contributed by atoms with Gasteiger partial charge in [-0.1, -0.05) is 0 Å². The molecule has 2 aliphatic rings. The van der Waals surface area contributed by atoms with Gasteiger partial charge < -0.3 is 10.2 Å². The molecule has 1 N–H and O–H groups in total.